The van der Waals surface area contributed by atoms with E-state index in [1.807, 2.05) is 30.3 Å². The molecule has 2 aromatic carbocycles. The fourth-order valence-corrected chi connectivity index (χ4v) is 3.66. The number of nitrogens with zero attached hydrogens (tertiary/aromatic N) is 3. The number of nitrogens with one attached hydrogen (secondary N) is 1. The number of ether oxygens (including phenoxy) is 1. The molecule has 3 heterocycles. The zero-order valence-corrected chi connectivity index (χ0v) is 14.9. The minimum Gasteiger partial charge on any atom is -0.507 e. The quantitative estimate of drug-likeness (QED) is 0.573. The van der Waals surface area contributed by atoms with Gasteiger partial charge in [0, 0.05) is 32.6 Å². The van der Waals surface area contributed by atoms with E-state index < -0.39 is 0 Å². The lowest BCUT2D eigenvalue weighted by Gasteiger charge is -2.32. The van der Waals surface area contributed by atoms with Crippen LogP contribution in [0.2, 0.25) is 0 Å². The maximum absolute atomic E-state index is 10.3. The molecule has 0 spiro atoms. The van der Waals surface area contributed by atoms with Gasteiger partial charge in [0.05, 0.1) is 11.1 Å². The van der Waals surface area contributed by atoms with E-state index in [1.54, 1.807) is 12.1 Å². The number of anilines is 1. The molecule has 27 heavy (non-hydrogen) atoms. The van der Waals surface area contributed by atoms with Gasteiger partial charge in [-0.05, 0) is 23.8 Å². The van der Waals surface area contributed by atoms with E-state index in [4.69, 9.17) is 9.72 Å². The molecule has 0 aliphatic carbocycles. The average molecular weight is 360 g/mol. The van der Waals surface area contributed by atoms with E-state index in [1.165, 1.54) is 0 Å². The first-order valence-electron chi connectivity index (χ1n) is 9.20. The molecule has 1 fully saturated rings. The van der Waals surface area contributed by atoms with Gasteiger partial charge in [-0.3, -0.25) is 0 Å². The van der Waals surface area contributed by atoms with Crippen LogP contribution in [-0.2, 0) is 6.42 Å². The van der Waals surface area contributed by atoms with Gasteiger partial charge < -0.3 is 20.1 Å². The van der Waals surface area contributed by atoms with Crippen LogP contribution in [0.25, 0.3) is 11.4 Å². The zero-order chi connectivity index (χ0) is 18.2. The van der Waals surface area contributed by atoms with Crippen molar-refractivity contribution in [2.24, 2.45) is 0 Å². The highest BCUT2D eigenvalue weighted by molar-refractivity contribution is 5.68. The molecule has 1 aromatic heterocycles. The summed E-state index contributed by atoms with van der Waals surface area (Å²) < 4.78 is 6.14. The molecule has 1 saturated heterocycles. The van der Waals surface area contributed by atoms with Crippen molar-refractivity contribution in [3.05, 3.63) is 59.7 Å². The Morgan fingerprint density at radius 2 is 1.74 bits per heavy atom. The molecule has 0 unspecified atom stereocenters. The highest BCUT2D eigenvalue weighted by atomic mass is 16.5. The van der Waals surface area contributed by atoms with Gasteiger partial charge in [0.1, 0.15) is 17.3 Å². The van der Waals surface area contributed by atoms with Crippen LogP contribution in [0.15, 0.2) is 48.5 Å². The monoisotopic (exact) mass is 360 g/mol. The van der Waals surface area contributed by atoms with Crippen LogP contribution in [0.1, 0.15) is 11.1 Å². The molecule has 0 amide bonds. The minimum atomic E-state index is 0.167. The van der Waals surface area contributed by atoms with Crippen molar-refractivity contribution in [2.45, 2.75) is 6.42 Å². The summed E-state index contributed by atoms with van der Waals surface area (Å²) in [6, 6.07) is 15.2. The lowest BCUT2D eigenvalue weighted by molar-refractivity contribution is 0.438. The second kappa shape index (κ2) is 6.55. The Morgan fingerprint density at radius 3 is 2.59 bits per heavy atom. The molecular formula is C21H20N4O2. The van der Waals surface area contributed by atoms with Crippen molar-refractivity contribution in [3.63, 3.8) is 0 Å². The molecule has 6 heteroatoms. The molecule has 6 nitrogen and oxygen atoms in total. The fourth-order valence-electron chi connectivity index (χ4n) is 3.66. The largest absolute Gasteiger partial charge is 0.507 e. The fraction of sp³-hybridized carbons (Fsp3) is 0.238. The lowest BCUT2D eigenvalue weighted by atomic mass is 10.0. The Morgan fingerprint density at radius 1 is 0.963 bits per heavy atom. The normalized spacial score (nSPS) is 15.6. The van der Waals surface area contributed by atoms with Crippen LogP contribution in [0.5, 0.6) is 17.4 Å². The molecule has 2 aliphatic rings. The molecular weight excluding hydrogens is 340 g/mol. The van der Waals surface area contributed by atoms with Crippen molar-refractivity contribution in [1.29, 1.82) is 0 Å². The molecule has 2 aliphatic heterocycles. The molecule has 136 valence electrons. The maximum atomic E-state index is 10.3. The Kier molecular flexibility index (Phi) is 3.90. The van der Waals surface area contributed by atoms with E-state index in [2.05, 4.69) is 21.3 Å². The van der Waals surface area contributed by atoms with Crippen molar-refractivity contribution in [3.8, 4) is 28.8 Å². The first-order chi connectivity index (χ1) is 13.3. The van der Waals surface area contributed by atoms with Gasteiger partial charge in [-0.25, -0.2) is 4.98 Å². The molecule has 5 rings (SSSR count). The number of para-hydroxylation sites is 2. The number of benzene rings is 2. The third kappa shape index (κ3) is 2.88. The second-order valence-electron chi connectivity index (χ2n) is 6.80. The van der Waals surface area contributed by atoms with Gasteiger partial charge in [-0.2, -0.15) is 4.98 Å². The van der Waals surface area contributed by atoms with Crippen molar-refractivity contribution < 1.29 is 9.84 Å². The first-order valence-corrected chi connectivity index (χ1v) is 9.20. The number of hydrogen-bond donors (Lipinski definition) is 2. The lowest BCUT2D eigenvalue weighted by Crippen LogP contribution is -2.44. The Labute approximate surface area is 157 Å². The molecule has 3 aromatic rings. The summed E-state index contributed by atoms with van der Waals surface area (Å²) in [5, 5.41) is 13.7. The molecule has 0 bridgehead atoms. The third-order valence-corrected chi connectivity index (χ3v) is 5.06. The number of hydrogen-bond acceptors (Lipinski definition) is 6. The predicted octanol–water partition coefficient (Wildman–Crippen LogP) is 2.96. The summed E-state index contributed by atoms with van der Waals surface area (Å²) in [5.41, 5.74) is 2.76. The Bertz CT molecular complexity index is 999. The van der Waals surface area contributed by atoms with Crippen LogP contribution in [0, 0.1) is 0 Å². The second-order valence-corrected chi connectivity index (χ2v) is 6.80. The van der Waals surface area contributed by atoms with E-state index in [0.717, 1.165) is 55.3 Å². The maximum Gasteiger partial charge on any atom is 0.228 e. The van der Waals surface area contributed by atoms with Crippen LogP contribution >= 0.6 is 0 Å². The average Bonchev–Trinajstić information content (AvgIpc) is 2.72. The van der Waals surface area contributed by atoms with Gasteiger partial charge in [-0.15, -0.1) is 0 Å². The van der Waals surface area contributed by atoms with Gasteiger partial charge in [0.15, 0.2) is 5.82 Å². The molecule has 0 saturated carbocycles. The third-order valence-electron chi connectivity index (χ3n) is 5.06. The van der Waals surface area contributed by atoms with Crippen molar-refractivity contribution in [2.75, 3.05) is 31.1 Å². The SMILES string of the molecule is Oc1ccccc1-c1nc2c(c(N3CCNCC3)n1)Cc1ccccc1O2. The van der Waals surface area contributed by atoms with Crippen LogP contribution in [0.4, 0.5) is 5.82 Å². The Balaban J connectivity index is 1.67. The number of aromatic nitrogens is 2. The summed E-state index contributed by atoms with van der Waals surface area (Å²) in [6.45, 7) is 3.60. The minimum absolute atomic E-state index is 0.167. The highest BCUT2D eigenvalue weighted by Gasteiger charge is 2.27. The molecule has 2 N–H and O–H groups in total. The van der Waals surface area contributed by atoms with E-state index in [-0.39, 0.29) is 5.75 Å². The van der Waals surface area contributed by atoms with Crippen LogP contribution in [0.3, 0.4) is 0 Å². The topological polar surface area (TPSA) is 70.5 Å². The summed E-state index contributed by atoms with van der Waals surface area (Å²) >= 11 is 0. The van der Waals surface area contributed by atoms with Gasteiger partial charge in [0.25, 0.3) is 0 Å². The molecule has 0 radical (unpaired) electrons. The Hall–Kier alpha value is -3.12. The first kappa shape index (κ1) is 16.1. The van der Waals surface area contributed by atoms with E-state index in [9.17, 15) is 5.11 Å². The standard InChI is InChI=1S/C21H20N4O2/c26-17-7-3-2-6-15(17)19-23-20(25-11-9-22-10-12-25)16-13-14-5-1-4-8-18(14)27-21(16)24-19/h1-8,22,26H,9-13H2. The number of phenols is 1. The number of aromatic hydroxyl groups is 1. The van der Waals surface area contributed by atoms with Crippen LogP contribution in [-0.4, -0.2) is 41.3 Å². The van der Waals surface area contributed by atoms with Gasteiger partial charge in [0.2, 0.25) is 5.88 Å². The predicted molar refractivity (Wildman–Crippen MR) is 104 cm³/mol. The summed E-state index contributed by atoms with van der Waals surface area (Å²) in [4.78, 5) is 11.8. The number of fused-ring (bicyclic) bond motifs is 2. The molecule has 0 atom stereocenters. The number of rotatable bonds is 2. The van der Waals surface area contributed by atoms with Gasteiger partial charge in [-0.1, -0.05) is 30.3 Å². The zero-order valence-electron chi connectivity index (χ0n) is 14.9. The number of piperazine rings is 1. The van der Waals surface area contributed by atoms with Gasteiger partial charge >= 0.3 is 0 Å². The van der Waals surface area contributed by atoms with Crippen molar-refractivity contribution >= 4 is 5.82 Å². The summed E-state index contributed by atoms with van der Waals surface area (Å²) in [6.07, 6.45) is 0.742. The van der Waals surface area contributed by atoms with E-state index in [0.29, 0.717) is 17.3 Å². The summed E-state index contributed by atoms with van der Waals surface area (Å²) in [7, 11) is 0. The highest BCUT2D eigenvalue weighted by Crippen LogP contribution is 2.41. The van der Waals surface area contributed by atoms with E-state index >= 15 is 0 Å². The summed E-state index contributed by atoms with van der Waals surface area (Å²) in [5.74, 6) is 2.96. The number of phenolic OH excluding ortho intramolecular Hbond substituents is 1. The van der Waals surface area contributed by atoms with Crippen molar-refractivity contribution in [1.82, 2.24) is 15.3 Å². The van der Waals surface area contributed by atoms with Crippen LogP contribution < -0.4 is 15.0 Å². The smallest absolute Gasteiger partial charge is 0.228 e.